The Bertz CT molecular complexity index is 792. The van der Waals surface area contributed by atoms with E-state index in [1.807, 2.05) is 30.3 Å². The molecule has 7 heteroatoms. The number of ketones is 1. The molecule has 1 amide bonds. The maximum atomic E-state index is 12.7. The van der Waals surface area contributed by atoms with Gasteiger partial charge < -0.3 is 4.74 Å². The molecule has 0 spiro atoms. The molecule has 0 aliphatic heterocycles. The first kappa shape index (κ1) is 19.1. The SMILES string of the molecule is CCN(C(=O)OCc1ccccc1)C(C)C(=O)c1ccccc1[N+](=O)[O-]. The van der Waals surface area contributed by atoms with Gasteiger partial charge in [-0.3, -0.25) is 19.8 Å². The molecule has 136 valence electrons. The summed E-state index contributed by atoms with van der Waals surface area (Å²) in [4.78, 5) is 36.8. The minimum absolute atomic E-state index is 0.0284. The van der Waals surface area contributed by atoms with Gasteiger partial charge in [-0.05, 0) is 25.5 Å². The molecule has 0 N–H and O–H groups in total. The van der Waals surface area contributed by atoms with Crippen molar-refractivity contribution in [1.82, 2.24) is 4.90 Å². The maximum absolute atomic E-state index is 12.7. The monoisotopic (exact) mass is 356 g/mol. The van der Waals surface area contributed by atoms with Crippen LogP contribution in [0.4, 0.5) is 10.5 Å². The van der Waals surface area contributed by atoms with Crippen LogP contribution in [0.1, 0.15) is 29.8 Å². The summed E-state index contributed by atoms with van der Waals surface area (Å²) in [6, 6.07) is 14.0. The first-order valence-electron chi connectivity index (χ1n) is 8.20. The molecule has 1 atom stereocenters. The molecule has 0 fully saturated rings. The molecule has 1 unspecified atom stereocenters. The molecule has 0 aromatic heterocycles. The van der Waals surface area contributed by atoms with E-state index in [9.17, 15) is 19.7 Å². The number of carbonyl (C=O) groups is 2. The van der Waals surface area contributed by atoms with Gasteiger partial charge in [-0.25, -0.2) is 4.79 Å². The number of benzene rings is 2. The molecule has 0 aliphatic carbocycles. The standard InChI is InChI=1S/C19H20N2O5/c1-3-20(19(23)26-13-15-9-5-4-6-10-15)14(2)18(22)16-11-7-8-12-17(16)21(24)25/h4-12,14H,3,13H2,1-2H3. The zero-order valence-electron chi connectivity index (χ0n) is 14.6. The number of rotatable bonds is 7. The van der Waals surface area contributed by atoms with Gasteiger partial charge >= 0.3 is 6.09 Å². The summed E-state index contributed by atoms with van der Waals surface area (Å²) in [6.07, 6.45) is -0.643. The van der Waals surface area contributed by atoms with Crippen molar-refractivity contribution in [3.8, 4) is 0 Å². The second-order valence-corrected chi connectivity index (χ2v) is 5.64. The number of likely N-dealkylation sites (N-methyl/N-ethyl adjacent to an activating group) is 1. The zero-order valence-corrected chi connectivity index (χ0v) is 14.6. The lowest BCUT2D eigenvalue weighted by Crippen LogP contribution is -2.43. The highest BCUT2D eigenvalue weighted by Gasteiger charge is 2.30. The fourth-order valence-electron chi connectivity index (χ4n) is 2.57. The van der Waals surface area contributed by atoms with Crippen LogP contribution in [-0.2, 0) is 11.3 Å². The zero-order chi connectivity index (χ0) is 19.1. The number of carbonyl (C=O) groups excluding carboxylic acids is 2. The van der Waals surface area contributed by atoms with Gasteiger partial charge in [0.25, 0.3) is 5.69 Å². The van der Waals surface area contributed by atoms with Crippen LogP contribution in [0.2, 0.25) is 0 Å². The first-order chi connectivity index (χ1) is 12.5. The van der Waals surface area contributed by atoms with E-state index in [0.717, 1.165) is 5.56 Å². The van der Waals surface area contributed by atoms with E-state index in [-0.39, 0.29) is 24.4 Å². The number of nitrogens with zero attached hydrogens (tertiary/aromatic N) is 2. The Kier molecular flexibility index (Phi) is 6.43. The third-order valence-corrected chi connectivity index (χ3v) is 3.99. The number of hydrogen-bond acceptors (Lipinski definition) is 5. The lowest BCUT2D eigenvalue weighted by atomic mass is 10.0. The summed E-state index contributed by atoms with van der Waals surface area (Å²) in [6.45, 7) is 3.57. The van der Waals surface area contributed by atoms with Crippen molar-refractivity contribution < 1.29 is 19.2 Å². The number of Topliss-reactive ketones (excluding diaryl/α,β-unsaturated/α-hetero) is 1. The summed E-state index contributed by atoms with van der Waals surface area (Å²) in [5.41, 5.74) is 0.520. The molecule has 0 saturated carbocycles. The molecule has 0 heterocycles. The second kappa shape index (κ2) is 8.75. The molecule has 0 bridgehead atoms. The Labute approximate surface area is 151 Å². The van der Waals surface area contributed by atoms with Crippen LogP contribution >= 0.6 is 0 Å². The predicted molar refractivity (Wildman–Crippen MR) is 95.9 cm³/mol. The van der Waals surface area contributed by atoms with E-state index >= 15 is 0 Å². The van der Waals surface area contributed by atoms with Crippen LogP contribution in [0, 0.1) is 10.1 Å². The lowest BCUT2D eigenvalue weighted by Gasteiger charge is -2.26. The van der Waals surface area contributed by atoms with E-state index in [1.54, 1.807) is 13.0 Å². The smallest absolute Gasteiger partial charge is 0.410 e. The largest absolute Gasteiger partial charge is 0.445 e. The lowest BCUT2D eigenvalue weighted by molar-refractivity contribution is -0.385. The van der Waals surface area contributed by atoms with Crippen LogP contribution in [0.15, 0.2) is 54.6 Å². The number of ether oxygens (including phenoxy) is 1. The molecule has 2 aromatic rings. The highest BCUT2D eigenvalue weighted by atomic mass is 16.6. The normalized spacial score (nSPS) is 11.5. The quantitative estimate of drug-likeness (QED) is 0.427. The Balaban J connectivity index is 2.12. The predicted octanol–water partition coefficient (Wildman–Crippen LogP) is 3.82. The number of amides is 1. The number of hydrogen-bond donors (Lipinski definition) is 0. The average molecular weight is 356 g/mol. The Morgan fingerprint density at radius 3 is 2.35 bits per heavy atom. The van der Waals surface area contributed by atoms with Gasteiger partial charge in [0, 0.05) is 12.6 Å². The van der Waals surface area contributed by atoms with E-state index in [1.165, 1.54) is 30.0 Å². The summed E-state index contributed by atoms with van der Waals surface area (Å²) in [7, 11) is 0. The molecular weight excluding hydrogens is 336 g/mol. The molecular formula is C19H20N2O5. The van der Waals surface area contributed by atoms with Gasteiger partial charge in [0.1, 0.15) is 6.61 Å². The van der Waals surface area contributed by atoms with E-state index in [4.69, 9.17) is 4.74 Å². The maximum Gasteiger partial charge on any atom is 0.410 e. The first-order valence-corrected chi connectivity index (χ1v) is 8.20. The van der Waals surface area contributed by atoms with E-state index in [0.29, 0.717) is 0 Å². The summed E-state index contributed by atoms with van der Waals surface area (Å²) >= 11 is 0. The van der Waals surface area contributed by atoms with E-state index in [2.05, 4.69) is 0 Å². The second-order valence-electron chi connectivity index (χ2n) is 5.64. The molecule has 0 saturated heterocycles. The molecule has 2 aromatic carbocycles. The minimum Gasteiger partial charge on any atom is -0.445 e. The van der Waals surface area contributed by atoms with Gasteiger partial charge in [0.15, 0.2) is 5.78 Å². The number of nitro groups is 1. The Hall–Kier alpha value is -3.22. The molecule has 2 rings (SSSR count). The summed E-state index contributed by atoms with van der Waals surface area (Å²) in [5.74, 6) is -0.504. The number of nitro benzene ring substituents is 1. The highest BCUT2D eigenvalue weighted by molar-refractivity contribution is 6.04. The van der Waals surface area contributed by atoms with Crippen LogP contribution in [0.25, 0.3) is 0 Å². The van der Waals surface area contributed by atoms with Crippen LogP contribution in [-0.4, -0.2) is 34.3 Å². The van der Waals surface area contributed by atoms with Crippen molar-refractivity contribution in [3.05, 3.63) is 75.8 Å². The molecule has 0 aliphatic rings. The van der Waals surface area contributed by atoms with Crippen molar-refractivity contribution >= 4 is 17.6 Å². The topological polar surface area (TPSA) is 89.8 Å². The van der Waals surface area contributed by atoms with Gasteiger partial charge in [-0.2, -0.15) is 0 Å². The van der Waals surface area contributed by atoms with Gasteiger partial charge in [0.05, 0.1) is 16.5 Å². The molecule has 0 radical (unpaired) electrons. The third-order valence-electron chi connectivity index (χ3n) is 3.99. The average Bonchev–Trinajstić information content (AvgIpc) is 2.67. The number of para-hydroxylation sites is 1. The van der Waals surface area contributed by atoms with Crippen molar-refractivity contribution in [2.45, 2.75) is 26.5 Å². The molecule has 7 nitrogen and oxygen atoms in total. The van der Waals surface area contributed by atoms with Crippen molar-refractivity contribution in [2.24, 2.45) is 0 Å². The van der Waals surface area contributed by atoms with Crippen LogP contribution in [0.5, 0.6) is 0 Å². The Morgan fingerprint density at radius 1 is 1.12 bits per heavy atom. The van der Waals surface area contributed by atoms with Crippen molar-refractivity contribution in [2.75, 3.05) is 6.54 Å². The fraction of sp³-hybridized carbons (Fsp3) is 0.263. The summed E-state index contributed by atoms with van der Waals surface area (Å²) < 4.78 is 5.27. The molecule has 26 heavy (non-hydrogen) atoms. The van der Waals surface area contributed by atoms with Crippen LogP contribution in [0.3, 0.4) is 0 Å². The van der Waals surface area contributed by atoms with Crippen LogP contribution < -0.4 is 0 Å². The van der Waals surface area contributed by atoms with Gasteiger partial charge in [-0.15, -0.1) is 0 Å². The van der Waals surface area contributed by atoms with E-state index < -0.39 is 22.8 Å². The van der Waals surface area contributed by atoms with Gasteiger partial charge in [0.2, 0.25) is 0 Å². The Morgan fingerprint density at radius 2 is 1.73 bits per heavy atom. The highest BCUT2D eigenvalue weighted by Crippen LogP contribution is 2.21. The minimum atomic E-state index is -0.885. The third kappa shape index (κ3) is 4.44. The fourth-order valence-corrected chi connectivity index (χ4v) is 2.57. The van der Waals surface area contributed by atoms with Crippen molar-refractivity contribution in [3.63, 3.8) is 0 Å². The van der Waals surface area contributed by atoms with Crippen molar-refractivity contribution in [1.29, 1.82) is 0 Å². The summed E-state index contributed by atoms with van der Waals surface area (Å²) in [5, 5.41) is 11.1. The van der Waals surface area contributed by atoms with Gasteiger partial charge in [-0.1, -0.05) is 42.5 Å².